The monoisotopic (exact) mass is 211 g/mol. The van der Waals surface area contributed by atoms with E-state index in [1.54, 1.807) is 28.9 Å². The van der Waals surface area contributed by atoms with Crippen LogP contribution in [0.3, 0.4) is 0 Å². The van der Waals surface area contributed by atoms with Crippen LogP contribution in [0.1, 0.15) is 5.56 Å². The molecule has 16 heavy (non-hydrogen) atoms. The fourth-order valence-corrected chi connectivity index (χ4v) is 1.44. The number of aromatic amines is 1. The van der Waals surface area contributed by atoms with Crippen molar-refractivity contribution in [2.24, 2.45) is 0 Å². The number of rotatable bonds is 1. The Morgan fingerprint density at radius 2 is 2.31 bits per heavy atom. The van der Waals surface area contributed by atoms with E-state index in [2.05, 4.69) is 25.6 Å². The lowest BCUT2D eigenvalue weighted by atomic mass is 10.3. The molecule has 3 rings (SSSR count). The van der Waals surface area contributed by atoms with Gasteiger partial charge in [-0.1, -0.05) is 0 Å². The van der Waals surface area contributed by atoms with Crippen LogP contribution in [-0.4, -0.2) is 30.0 Å². The van der Waals surface area contributed by atoms with Crippen molar-refractivity contribution in [1.29, 1.82) is 5.26 Å². The van der Waals surface area contributed by atoms with Crippen molar-refractivity contribution in [2.75, 3.05) is 0 Å². The smallest absolute Gasteiger partial charge is 0.190 e. The summed E-state index contributed by atoms with van der Waals surface area (Å²) in [6.45, 7) is 0. The van der Waals surface area contributed by atoms with E-state index in [1.165, 1.54) is 0 Å². The lowest BCUT2D eigenvalue weighted by molar-refractivity contribution is 0.936. The van der Waals surface area contributed by atoms with E-state index in [0.717, 1.165) is 0 Å². The Bertz CT molecular complexity index is 674. The number of hydrogen-bond donors (Lipinski definition) is 1. The van der Waals surface area contributed by atoms with E-state index < -0.39 is 0 Å². The van der Waals surface area contributed by atoms with Crippen molar-refractivity contribution < 1.29 is 0 Å². The van der Waals surface area contributed by atoms with E-state index in [0.29, 0.717) is 22.7 Å². The number of pyridine rings is 1. The number of nitrogens with zero attached hydrogens (tertiary/aromatic N) is 6. The molecule has 3 heterocycles. The summed E-state index contributed by atoms with van der Waals surface area (Å²) in [5.74, 6) is 0.591. The summed E-state index contributed by atoms with van der Waals surface area (Å²) in [4.78, 5) is 0. The second-order valence-corrected chi connectivity index (χ2v) is 3.13. The molecule has 1 N–H and O–H groups in total. The molecule has 7 heteroatoms. The molecule has 0 bridgehead atoms. The van der Waals surface area contributed by atoms with Gasteiger partial charge in [0.15, 0.2) is 17.2 Å². The maximum absolute atomic E-state index is 8.75. The second-order valence-electron chi connectivity index (χ2n) is 3.13. The van der Waals surface area contributed by atoms with Crippen molar-refractivity contribution >= 4 is 5.65 Å². The largest absolute Gasteiger partial charge is 0.281 e. The highest BCUT2D eigenvalue weighted by atomic mass is 15.3. The van der Waals surface area contributed by atoms with Crippen LogP contribution in [0, 0.1) is 11.3 Å². The molecule has 0 aliphatic rings. The fourth-order valence-electron chi connectivity index (χ4n) is 1.44. The van der Waals surface area contributed by atoms with Crippen LogP contribution in [0.2, 0.25) is 0 Å². The first kappa shape index (κ1) is 8.55. The van der Waals surface area contributed by atoms with Crippen LogP contribution < -0.4 is 0 Å². The molecule has 0 aromatic carbocycles. The van der Waals surface area contributed by atoms with Crippen molar-refractivity contribution in [3.8, 4) is 17.6 Å². The highest BCUT2D eigenvalue weighted by molar-refractivity contribution is 5.55. The van der Waals surface area contributed by atoms with E-state index in [1.807, 2.05) is 6.07 Å². The average Bonchev–Trinajstić information content (AvgIpc) is 2.96. The number of nitriles is 1. The number of aromatic nitrogens is 6. The maximum Gasteiger partial charge on any atom is 0.190 e. The van der Waals surface area contributed by atoms with Gasteiger partial charge in [-0.25, -0.2) is 0 Å². The Kier molecular flexibility index (Phi) is 1.67. The molecule has 0 unspecified atom stereocenters. The number of hydrogen-bond acceptors (Lipinski definition) is 5. The fraction of sp³-hybridized carbons (Fsp3) is 0. The standard InChI is InChI=1S/C9H5N7/c10-4-6-1-2-16-8(3-6)13-14-9(16)7-5-11-15-12-7/h1-3,5H,(H,11,12,15). The Labute approximate surface area is 89.4 Å². The third kappa shape index (κ3) is 1.14. The topological polar surface area (TPSA) is 95.6 Å². The van der Waals surface area contributed by atoms with Gasteiger partial charge in [0.2, 0.25) is 0 Å². The molecule has 0 aliphatic carbocycles. The molecular formula is C9H5N7. The second kappa shape index (κ2) is 3.13. The molecule has 3 aromatic rings. The molecular weight excluding hydrogens is 206 g/mol. The lowest BCUT2D eigenvalue weighted by Crippen LogP contribution is -1.90. The molecule has 0 fully saturated rings. The predicted octanol–water partition coefficient (Wildman–Crippen LogP) is 0.386. The van der Waals surface area contributed by atoms with Gasteiger partial charge in [-0.05, 0) is 6.07 Å². The summed E-state index contributed by atoms with van der Waals surface area (Å²) in [6.07, 6.45) is 3.30. The minimum absolute atomic E-state index is 0.548. The van der Waals surface area contributed by atoms with E-state index in [4.69, 9.17) is 5.26 Å². The van der Waals surface area contributed by atoms with Crippen LogP contribution in [0.4, 0.5) is 0 Å². The summed E-state index contributed by atoms with van der Waals surface area (Å²) in [6, 6.07) is 5.41. The molecule has 0 atom stereocenters. The molecule has 0 aliphatic heterocycles. The van der Waals surface area contributed by atoms with Crippen LogP contribution in [0.5, 0.6) is 0 Å². The molecule has 0 radical (unpaired) electrons. The van der Waals surface area contributed by atoms with E-state index >= 15 is 0 Å². The van der Waals surface area contributed by atoms with E-state index in [-0.39, 0.29) is 0 Å². The Morgan fingerprint density at radius 1 is 1.38 bits per heavy atom. The minimum Gasteiger partial charge on any atom is -0.281 e. The van der Waals surface area contributed by atoms with Gasteiger partial charge in [0.05, 0.1) is 17.8 Å². The van der Waals surface area contributed by atoms with Gasteiger partial charge >= 0.3 is 0 Å². The van der Waals surface area contributed by atoms with Crippen LogP contribution in [-0.2, 0) is 0 Å². The Balaban J connectivity index is 2.26. The van der Waals surface area contributed by atoms with Gasteiger partial charge < -0.3 is 0 Å². The summed E-state index contributed by atoms with van der Waals surface area (Å²) in [5, 5.41) is 26.9. The summed E-state index contributed by atoms with van der Waals surface area (Å²) in [5.41, 5.74) is 1.76. The molecule has 0 saturated heterocycles. The van der Waals surface area contributed by atoms with Gasteiger partial charge in [0.1, 0.15) is 0 Å². The molecule has 0 amide bonds. The van der Waals surface area contributed by atoms with Gasteiger partial charge in [-0.2, -0.15) is 20.7 Å². The molecule has 3 aromatic heterocycles. The van der Waals surface area contributed by atoms with E-state index in [9.17, 15) is 0 Å². The van der Waals surface area contributed by atoms with Crippen molar-refractivity contribution in [1.82, 2.24) is 30.0 Å². The van der Waals surface area contributed by atoms with Crippen molar-refractivity contribution in [2.45, 2.75) is 0 Å². The average molecular weight is 211 g/mol. The van der Waals surface area contributed by atoms with Gasteiger partial charge in [-0.15, -0.1) is 10.2 Å². The highest BCUT2D eigenvalue weighted by Crippen LogP contribution is 2.14. The molecule has 0 spiro atoms. The predicted molar refractivity (Wildman–Crippen MR) is 53.1 cm³/mol. The normalized spacial score (nSPS) is 10.4. The zero-order valence-electron chi connectivity index (χ0n) is 7.99. The maximum atomic E-state index is 8.75. The third-order valence-corrected chi connectivity index (χ3v) is 2.18. The summed E-state index contributed by atoms with van der Waals surface area (Å²) in [7, 11) is 0. The summed E-state index contributed by atoms with van der Waals surface area (Å²) >= 11 is 0. The van der Waals surface area contributed by atoms with Gasteiger partial charge in [-0.3, -0.25) is 4.40 Å². The quantitative estimate of drug-likeness (QED) is 0.628. The van der Waals surface area contributed by atoms with Crippen molar-refractivity contribution in [3.05, 3.63) is 30.1 Å². The number of H-pyrrole nitrogens is 1. The summed E-state index contributed by atoms with van der Waals surface area (Å²) < 4.78 is 1.75. The molecule has 0 saturated carbocycles. The molecule has 7 nitrogen and oxygen atoms in total. The number of fused-ring (bicyclic) bond motifs is 1. The Hall–Kier alpha value is -2.75. The van der Waals surface area contributed by atoms with Crippen LogP contribution in [0.25, 0.3) is 17.2 Å². The first-order chi connectivity index (χ1) is 7.88. The Morgan fingerprint density at radius 3 is 3.06 bits per heavy atom. The third-order valence-electron chi connectivity index (χ3n) is 2.18. The SMILES string of the molecule is N#Cc1ccn2c(-c3cn[nH]n3)nnc2c1. The zero-order chi connectivity index (χ0) is 11.0. The highest BCUT2D eigenvalue weighted by Gasteiger charge is 2.10. The first-order valence-electron chi connectivity index (χ1n) is 4.49. The van der Waals surface area contributed by atoms with Gasteiger partial charge in [0, 0.05) is 12.3 Å². The zero-order valence-corrected chi connectivity index (χ0v) is 7.99. The molecule has 76 valence electrons. The van der Waals surface area contributed by atoms with Crippen LogP contribution in [0.15, 0.2) is 24.5 Å². The van der Waals surface area contributed by atoms with Crippen molar-refractivity contribution in [3.63, 3.8) is 0 Å². The lowest BCUT2D eigenvalue weighted by Gasteiger charge is -1.95. The first-order valence-corrected chi connectivity index (χ1v) is 4.49. The number of nitrogens with one attached hydrogen (secondary N) is 1. The van der Waals surface area contributed by atoms with Crippen LogP contribution >= 0.6 is 0 Å². The minimum atomic E-state index is 0.548. The van der Waals surface area contributed by atoms with Gasteiger partial charge in [0.25, 0.3) is 0 Å².